The Morgan fingerprint density at radius 1 is 1.29 bits per heavy atom. The van der Waals surface area contributed by atoms with E-state index in [9.17, 15) is 0 Å². The molecule has 2 rings (SSSR count). The molecule has 0 aliphatic rings. The second-order valence-electron chi connectivity index (χ2n) is 4.30. The molecule has 0 aliphatic carbocycles. The highest BCUT2D eigenvalue weighted by atomic mass is 16.3. The van der Waals surface area contributed by atoms with Crippen molar-refractivity contribution in [3.63, 3.8) is 0 Å². The zero-order valence-corrected chi connectivity index (χ0v) is 10.5. The second kappa shape index (κ2) is 5.15. The Labute approximate surface area is 102 Å². The molecular formula is C14H18N2O. The predicted molar refractivity (Wildman–Crippen MR) is 67.9 cm³/mol. The van der Waals surface area contributed by atoms with Gasteiger partial charge in [0.1, 0.15) is 0 Å². The second-order valence-corrected chi connectivity index (χ2v) is 4.30. The molecule has 0 saturated heterocycles. The molecule has 0 radical (unpaired) electrons. The van der Waals surface area contributed by atoms with Crippen molar-refractivity contribution < 1.29 is 4.42 Å². The summed E-state index contributed by atoms with van der Waals surface area (Å²) in [6.07, 6.45) is 4.42. The van der Waals surface area contributed by atoms with Crippen molar-refractivity contribution >= 4 is 0 Å². The van der Waals surface area contributed by atoms with E-state index >= 15 is 0 Å². The summed E-state index contributed by atoms with van der Waals surface area (Å²) in [5.41, 5.74) is 4.60. The quantitative estimate of drug-likeness (QED) is 0.877. The number of likely N-dealkylation sites (N-methyl/N-ethyl adjacent to an activating group) is 1. The molecule has 0 aliphatic heterocycles. The van der Waals surface area contributed by atoms with Crippen molar-refractivity contribution in [2.45, 2.75) is 26.3 Å². The van der Waals surface area contributed by atoms with E-state index in [0.29, 0.717) is 0 Å². The van der Waals surface area contributed by atoms with E-state index in [0.717, 1.165) is 17.8 Å². The van der Waals surface area contributed by atoms with E-state index in [-0.39, 0.29) is 6.04 Å². The molecule has 0 fully saturated rings. The van der Waals surface area contributed by atoms with Gasteiger partial charge in [0, 0.05) is 17.4 Å². The first-order chi connectivity index (χ1) is 8.20. The molecule has 0 saturated carbocycles. The van der Waals surface area contributed by atoms with Gasteiger partial charge < -0.3 is 9.73 Å². The molecule has 0 spiro atoms. The molecule has 2 heterocycles. The zero-order chi connectivity index (χ0) is 12.3. The van der Waals surface area contributed by atoms with Gasteiger partial charge in [-0.05, 0) is 50.6 Å². The normalized spacial score (nSPS) is 12.6. The summed E-state index contributed by atoms with van der Waals surface area (Å²) < 4.78 is 5.10. The molecule has 1 unspecified atom stereocenters. The van der Waals surface area contributed by atoms with Crippen LogP contribution < -0.4 is 5.32 Å². The lowest BCUT2D eigenvalue weighted by atomic mass is 9.99. The van der Waals surface area contributed by atoms with Crippen LogP contribution in [0.25, 0.3) is 0 Å². The molecule has 0 aromatic carbocycles. The monoisotopic (exact) mass is 230 g/mol. The summed E-state index contributed by atoms with van der Waals surface area (Å²) >= 11 is 0. The lowest BCUT2D eigenvalue weighted by Gasteiger charge is -2.17. The highest BCUT2D eigenvalue weighted by Crippen LogP contribution is 2.21. The van der Waals surface area contributed by atoms with Crippen molar-refractivity contribution in [1.82, 2.24) is 10.3 Å². The first-order valence-corrected chi connectivity index (χ1v) is 5.83. The van der Waals surface area contributed by atoms with E-state index in [1.54, 1.807) is 12.5 Å². The third-order valence-electron chi connectivity index (χ3n) is 3.01. The largest absolute Gasteiger partial charge is 0.472 e. The SMILES string of the molecule is CNC(Cc1ccoc1)c1ccc(C)nc1C. The Bertz CT molecular complexity index is 477. The number of hydrogen-bond acceptors (Lipinski definition) is 3. The van der Waals surface area contributed by atoms with Gasteiger partial charge in [0.15, 0.2) is 0 Å². The van der Waals surface area contributed by atoms with E-state index < -0.39 is 0 Å². The summed E-state index contributed by atoms with van der Waals surface area (Å²) in [4.78, 5) is 4.51. The van der Waals surface area contributed by atoms with Crippen LogP contribution in [0.1, 0.15) is 28.6 Å². The van der Waals surface area contributed by atoms with Crippen molar-refractivity contribution in [3.8, 4) is 0 Å². The molecule has 0 amide bonds. The Morgan fingerprint density at radius 2 is 2.12 bits per heavy atom. The molecular weight excluding hydrogens is 212 g/mol. The van der Waals surface area contributed by atoms with Crippen molar-refractivity contribution in [2.24, 2.45) is 0 Å². The van der Waals surface area contributed by atoms with Crippen LogP contribution in [0.4, 0.5) is 0 Å². The van der Waals surface area contributed by atoms with Crippen LogP contribution in [0.5, 0.6) is 0 Å². The Hall–Kier alpha value is -1.61. The number of hydrogen-bond donors (Lipinski definition) is 1. The summed E-state index contributed by atoms with van der Waals surface area (Å²) in [6.45, 7) is 4.07. The van der Waals surface area contributed by atoms with E-state index in [4.69, 9.17) is 4.42 Å². The maximum atomic E-state index is 5.10. The number of nitrogens with zero attached hydrogens (tertiary/aromatic N) is 1. The highest BCUT2D eigenvalue weighted by Gasteiger charge is 2.13. The topological polar surface area (TPSA) is 38.1 Å². The van der Waals surface area contributed by atoms with Crippen molar-refractivity contribution in [2.75, 3.05) is 7.05 Å². The fraction of sp³-hybridized carbons (Fsp3) is 0.357. The van der Waals surface area contributed by atoms with Crippen LogP contribution in [0.15, 0.2) is 35.1 Å². The number of furan rings is 1. The number of pyridine rings is 1. The zero-order valence-electron chi connectivity index (χ0n) is 10.5. The maximum absolute atomic E-state index is 5.10. The van der Waals surface area contributed by atoms with Gasteiger partial charge in [0.05, 0.1) is 12.5 Å². The molecule has 0 bridgehead atoms. The van der Waals surface area contributed by atoms with Gasteiger partial charge in [-0.2, -0.15) is 0 Å². The highest BCUT2D eigenvalue weighted by molar-refractivity contribution is 5.27. The van der Waals surface area contributed by atoms with Gasteiger partial charge >= 0.3 is 0 Å². The lowest BCUT2D eigenvalue weighted by molar-refractivity contribution is 0.550. The van der Waals surface area contributed by atoms with Crippen LogP contribution in [-0.2, 0) is 6.42 Å². The van der Waals surface area contributed by atoms with Crippen molar-refractivity contribution in [3.05, 3.63) is 53.2 Å². The lowest BCUT2D eigenvalue weighted by Crippen LogP contribution is -2.20. The average molecular weight is 230 g/mol. The van der Waals surface area contributed by atoms with Gasteiger partial charge in [-0.25, -0.2) is 0 Å². The third-order valence-corrected chi connectivity index (χ3v) is 3.01. The first-order valence-electron chi connectivity index (χ1n) is 5.83. The van der Waals surface area contributed by atoms with Crippen LogP contribution >= 0.6 is 0 Å². The van der Waals surface area contributed by atoms with Gasteiger partial charge in [0.2, 0.25) is 0 Å². The Kier molecular flexibility index (Phi) is 3.59. The van der Waals surface area contributed by atoms with Gasteiger partial charge in [0.25, 0.3) is 0 Å². The number of rotatable bonds is 4. The van der Waals surface area contributed by atoms with Crippen LogP contribution in [0, 0.1) is 13.8 Å². The number of aromatic nitrogens is 1. The minimum atomic E-state index is 0.278. The van der Waals surface area contributed by atoms with E-state index in [1.807, 2.05) is 20.0 Å². The summed E-state index contributed by atoms with van der Waals surface area (Å²) in [6, 6.07) is 6.49. The molecule has 1 N–H and O–H groups in total. The minimum absolute atomic E-state index is 0.278. The minimum Gasteiger partial charge on any atom is -0.472 e. The third kappa shape index (κ3) is 2.74. The Morgan fingerprint density at radius 3 is 2.71 bits per heavy atom. The Balaban J connectivity index is 2.23. The van der Waals surface area contributed by atoms with Gasteiger partial charge in [-0.15, -0.1) is 0 Å². The average Bonchev–Trinajstić information content (AvgIpc) is 2.79. The molecule has 2 aromatic rings. The fourth-order valence-electron chi connectivity index (χ4n) is 2.08. The fourth-order valence-corrected chi connectivity index (χ4v) is 2.08. The number of aryl methyl sites for hydroxylation is 2. The van der Waals surface area contributed by atoms with Crippen LogP contribution in [-0.4, -0.2) is 12.0 Å². The van der Waals surface area contributed by atoms with Crippen LogP contribution in [0.3, 0.4) is 0 Å². The van der Waals surface area contributed by atoms with Gasteiger partial charge in [-0.3, -0.25) is 4.98 Å². The molecule has 1 atom stereocenters. The predicted octanol–water partition coefficient (Wildman–Crippen LogP) is 2.79. The summed E-state index contributed by atoms with van der Waals surface area (Å²) in [7, 11) is 1.98. The van der Waals surface area contributed by atoms with E-state index in [2.05, 4.69) is 29.4 Å². The van der Waals surface area contributed by atoms with Crippen molar-refractivity contribution in [1.29, 1.82) is 0 Å². The number of nitrogens with one attached hydrogen (secondary N) is 1. The van der Waals surface area contributed by atoms with Gasteiger partial charge in [-0.1, -0.05) is 6.07 Å². The van der Waals surface area contributed by atoms with Crippen LogP contribution in [0.2, 0.25) is 0 Å². The molecule has 3 nitrogen and oxygen atoms in total. The molecule has 3 heteroatoms. The van der Waals surface area contributed by atoms with E-state index in [1.165, 1.54) is 11.1 Å². The molecule has 2 aromatic heterocycles. The maximum Gasteiger partial charge on any atom is 0.0935 e. The molecule has 17 heavy (non-hydrogen) atoms. The molecule has 90 valence electrons. The standard InChI is InChI=1S/C14H18N2O/c1-10-4-5-13(11(2)16-10)14(15-3)8-12-6-7-17-9-12/h4-7,9,14-15H,8H2,1-3H3. The summed E-state index contributed by atoms with van der Waals surface area (Å²) in [5, 5.41) is 3.34. The smallest absolute Gasteiger partial charge is 0.0935 e. The summed E-state index contributed by atoms with van der Waals surface area (Å²) in [5.74, 6) is 0. The first kappa shape index (κ1) is 11.9.